The highest BCUT2D eigenvalue weighted by Crippen LogP contribution is 2.28. The van der Waals surface area contributed by atoms with Crippen LogP contribution in [0.1, 0.15) is 6.92 Å². The van der Waals surface area contributed by atoms with Crippen LogP contribution >= 0.6 is 23.4 Å². The fourth-order valence-corrected chi connectivity index (χ4v) is 3.25. The van der Waals surface area contributed by atoms with E-state index in [0.717, 1.165) is 17.1 Å². The van der Waals surface area contributed by atoms with Crippen molar-refractivity contribution in [3.63, 3.8) is 0 Å². The van der Waals surface area contributed by atoms with Crippen LogP contribution in [0.2, 0.25) is 5.02 Å². The molecular formula is C18H17ClN4OS. The van der Waals surface area contributed by atoms with Gasteiger partial charge in [0.15, 0.2) is 11.0 Å². The maximum atomic E-state index is 11.8. The summed E-state index contributed by atoms with van der Waals surface area (Å²) in [6, 6.07) is 17.3. The van der Waals surface area contributed by atoms with Crippen molar-refractivity contribution < 1.29 is 4.79 Å². The predicted molar refractivity (Wildman–Crippen MR) is 101 cm³/mol. The summed E-state index contributed by atoms with van der Waals surface area (Å²) in [6.07, 6.45) is 0. The van der Waals surface area contributed by atoms with Crippen LogP contribution in [-0.2, 0) is 4.79 Å². The van der Waals surface area contributed by atoms with Crippen molar-refractivity contribution in [1.29, 1.82) is 0 Å². The van der Waals surface area contributed by atoms with Gasteiger partial charge in [-0.15, -0.1) is 10.2 Å². The lowest BCUT2D eigenvalue weighted by Gasteiger charge is -2.10. The van der Waals surface area contributed by atoms with Crippen LogP contribution < -0.4 is 5.32 Å². The molecule has 1 heterocycles. The van der Waals surface area contributed by atoms with Crippen molar-refractivity contribution in [2.24, 2.45) is 0 Å². The maximum absolute atomic E-state index is 11.8. The third-order valence-corrected chi connectivity index (χ3v) is 4.64. The van der Waals surface area contributed by atoms with E-state index in [4.69, 9.17) is 11.6 Å². The Morgan fingerprint density at radius 3 is 2.52 bits per heavy atom. The molecule has 5 nitrogen and oxygen atoms in total. The van der Waals surface area contributed by atoms with Gasteiger partial charge in [0, 0.05) is 22.8 Å². The van der Waals surface area contributed by atoms with Gasteiger partial charge in [0.1, 0.15) is 0 Å². The van der Waals surface area contributed by atoms with Gasteiger partial charge in [-0.05, 0) is 31.2 Å². The van der Waals surface area contributed by atoms with Crippen molar-refractivity contribution in [1.82, 2.24) is 20.1 Å². The molecule has 0 bridgehead atoms. The van der Waals surface area contributed by atoms with E-state index in [2.05, 4.69) is 15.5 Å². The highest BCUT2D eigenvalue weighted by Gasteiger charge is 2.17. The Labute approximate surface area is 155 Å². The predicted octanol–water partition coefficient (Wildman–Crippen LogP) is 3.82. The van der Waals surface area contributed by atoms with Gasteiger partial charge in [-0.3, -0.25) is 9.36 Å². The highest BCUT2D eigenvalue weighted by atomic mass is 35.5. The number of nitrogens with zero attached hydrogens (tertiary/aromatic N) is 3. The largest absolute Gasteiger partial charge is 0.356 e. The van der Waals surface area contributed by atoms with Crippen LogP contribution in [0.15, 0.2) is 59.8 Å². The smallest absolute Gasteiger partial charge is 0.230 e. The molecule has 0 saturated carbocycles. The van der Waals surface area contributed by atoms with Crippen LogP contribution in [0.5, 0.6) is 0 Å². The molecule has 0 aliphatic rings. The quantitative estimate of drug-likeness (QED) is 0.668. The van der Waals surface area contributed by atoms with E-state index < -0.39 is 0 Å². The zero-order chi connectivity index (χ0) is 17.6. The van der Waals surface area contributed by atoms with Crippen LogP contribution in [0.3, 0.4) is 0 Å². The highest BCUT2D eigenvalue weighted by molar-refractivity contribution is 7.99. The number of halogens is 1. The van der Waals surface area contributed by atoms with Gasteiger partial charge in [-0.25, -0.2) is 0 Å². The summed E-state index contributed by atoms with van der Waals surface area (Å²) >= 11 is 7.36. The number of carbonyl (C=O) groups is 1. The molecule has 1 N–H and O–H groups in total. The molecule has 1 aromatic heterocycles. The fraction of sp³-hybridized carbons (Fsp3) is 0.167. The lowest BCUT2D eigenvalue weighted by Crippen LogP contribution is -2.24. The Morgan fingerprint density at radius 2 is 1.84 bits per heavy atom. The number of hydrogen-bond acceptors (Lipinski definition) is 4. The SMILES string of the molecule is CCNC(=O)CSc1nnc(-c2ccccc2)n1-c1ccc(Cl)cc1. The molecule has 7 heteroatoms. The third kappa shape index (κ3) is 4.21. The summed E-state index contributed by atoms with van der Waals surface area (Å²) < 4.78 is 1.94. The van der Waals surface area contributed by atoms with E-state index in [1.165, 1.54) is 11.8 Å². The molecule has 0 fully saturated rings. The third-order valence-electron chi connectivity index (χ3n) is 3.46. The van der Waals surface area contributed by atoms with E-state index in [9.17, 15) is 4.79 Å². The average molecular weight is 373 g/mol. The summed E-state index contributed by atoms with van der Waals surface area (Å²) in [5.74, 6) is 0.981. The molecule has 3 rings (SSSR count). The summed E-state index contributed by atoms with van der Waals surface area (Å²) in [6.45, 7) is 2.50. The number of benzene rings is 2. The van der Waals surface area contributed by atoms with E-state index in [0.29, 0.717) is 16.7 Å². The lowest BCUT2D eigenvalue weighted by molar-refractivity contribution is -0.118. The van der Waals surface area contributed by atoms with Gasteiger partial charge in [-0.1, -0.05) is 53.7 Å². The summed E-state index contributed by atoms with van der Waals surface area (Å²) in [5, 5.41) is 12.7. The maximum Gasteiger partial charge on any atom is 0.230 e. The fourth-order valence-electron chi connectivity index (χ4n) is 2.34. The van der Waals surface area contributed by atoms with Gasteiger partial charge in [-0.2, -0.15) is 0 Å². The standard InChI is InChI=1S/C18H17ClN4OS/c1-2-20-16(24)12-25-18-22-21-17(13-6-4-3-5-7-13)23(18)15-10-8-14(19)9-11-15/h3-11H,2,12H2,1H3,(H,20,24). The molecule has 0 spiro atoms. The lowest BCUT2D eigenvalue weighted by atomic mass is 10.2. The normalized spacial score (nSPS) is 10.6. The molecule has 0 atom stereocenters. The molecule has 3 aromatic rings. The van der Waals surface area contributed by atoms with Gasteiger partial charge >= 0.3 is 0 Å². The molecule has 1 amide bonds. The summed E-state index contributed by atoms with van der Waals surface area (Å²) in [5.41, 5.74) is 1.85. The van der Waals surface area contributed by atoms with Gasteiger partial charge in [0.05, 0.1) is 5.75 Å². The second kappa shape index (κ2) is 8.18. The second-order valence-electron chi connectivity index (χ2n) is 5.23. The van der Waals surface area contributed by atoms with E-state index in [1.807, 2.05) is 66.1 Å². The van der Waals surface area contributed by atoms with Crippen molar-refractivity contribution >= 4 is 29.3 Å². The molecule has 0 radical (unpaired) electrons. The summed E-state index contributed by atoms with van der Waals surface area (Å²) in [7, 11) is 0. The zero-order valence-electron chi connectivity index (χ0n) is 13.6. The molecule has 25 heavy (non-hydrogen) atoms. The van der Waals surface area contributed by atoms with Crippen LogP contribution in [-0.4, -0.2) is 33.0 Å². The first-order valence-corrected chi connectivity index (χ1v) is 9.21. The van der Waals surface area contributed by atoms with Crippen molar-refractivity contribution in [2.45, 2.75) is 12.1 Å². The average Bonchev–Trinajstić information content (AvgIpc) is 3.05. The molecule has 128 valence electrons. The van der Waals surface area contributed by atoms with Gasteiger partial charge in [0.25, 0.3) is 0 Å². The molecule has 2 aromatic carbocycles. The Balaban J connectivity index is 1.99. The van der Waals surface area contributed by atoms with Crippen molar-refractivity contribution in [3.8, 4) is 17.1 Å². The number of aromatic nitrogens is 3. The van der Waals surface area contributed by atoms with E-state index in [-0.39, 0.29) is 11.7 Å². The number of nitrogens with one attached hydrogen (secondary N) is 1. The zero-order valence-corrected chi connectivity index (χ0v) is 15.2. The number of hydrogen-bond donors (Lipinski definition) is 1. The molecular weight excluding hydrogens is 356 g/mol. The Morgan fingerprint density at radius 1 is 1.12 bits per heavy atom. The first-order valence-electron chi connectivity index (χ1n) is 7.85. The van der Waals surface area contributed by atoms with Crippen LogP contribution in [0.25, 0.3) is 17.1 Å². The van der Waals surface area contributed by atoms with Gasteiger partial charge < -0.3 is 5.32 Å². The first kappa shape index (κ1) is 17.5. The number of amides is 1. The Kier molecular flexibility index (Phi) is 5.73. The molecule has 0 aliphatic carbocycles. The van der Waals surface area contributed by atoms with Crippen molar-refractivity contribution in [2.75, 3.05) is 12.3 Å². The molecule has 0 unspecified atom stereocenters. The van der Waals surface area contributed by atoms with E-state index in [1.54, 1.807) is 0 Å². The minimum absolute atomic E-state index is 0.0283. The van der Waals surface area contributed by atoms with E-state index >= 15 is 0 Å². The number of thioether (sulfide) groups is 1. The Bertz CT molecular complexity index is 849. The van der Waals surface area contributed by atoms with Gasteiger partial charge in [0.2, 0.25) is 5.91 Å². The minimum Gasteiger partial charge on any atom is -0.356 e. The monoisotopic (exact) mass is 372 g/mol. The van der Waals surface area contributed by atoms with Crippen molar-refractivity contribution in [3.05, 3.63) is 59.6 Å². The Hall–Kier alpha value is -2.31. The number of carbonyl (C=O) groups excluding carboxylic acids is 1. The topological polar surface area (TPSA) is 59.8 Å². The van der Waals surface area contributed by atoms with Crippen LogP contribution in [0.4, 0.5) is 0 Å². The second-order valence-corrected chi connectivity index (χ2v) is 6.61. The first-order chi connectivity index (χ1) is 12.2. The number of rotatable bonds is 6. The summed E-state index contributed by atoms with van der Waals surface area (Å²) in [4.78, 5) is 11.8. The van der Waals surface area contributed by atoms with Crippen LogP contribution in [0, 0.1) is 0 Å². The molecule has 0 saturated heterocycles. The molecule has 0 aliphatic heterocycles. The minimum atomic E-state index is -0.0283.